The first-order chi connectivity index (χ1) is 6.24. The van der Waals surface area contributed by atoms with E-state index in [1.807, 2.05) is 19.1 Å². The third-order valence-electron chi connectivity index (χ3n) is 1.37. The number of aromatic carboxylic acids is 1. The van der Waals surface area contributed by atoms with Crippen molar-refractivity contribution in [1.82, 2.24) is 0 Å². The zero-order valence-electron chi connectivity index (χ0n) is 7.19. The van der Waals surface area contributed by atoms with Crippen LogP contribution in [-0.4, -0.2) is 17.7 Å². The Balaban J connectivity index is 2.54. The highest BCUT2D eigenvalue weighted by Gasteiger charge is 2.06. The second kappa shape index (κ2) is 4.67. The molecule has 0 atom stereocenters. The van der Waals surface area contributed by atoms with E-state index < -0.39 is 5.97 Å². The highest BCUT2D eigenvalue weighted by molar-refractivity contribution is 7.12. The molecule has 0 aliphatic carbocycles. The van der Waals surface area contributed by atoms with E-state index >= 15 is 0 Å². The maximum atomic E-state index is 10.5. The minimum absolute atomic E-state index is 0.301. The van der Waals surface area contributed by atoms with Crippen LogP contribution >= 0.6 is 11.3 Å². The van der Waals surface area contributed by atoms with Crippen molar-refractivity contribution in [3.8, 4) is 5.75 Å². The standard InChI is InChI=1S/C9H10O3S/c1-2-3-4-12-7-5-8(9(10)11)13-6-7/h2-3,5-6H,4H2,1H3,(H,10,11). The Labute approximate surface area is 80.3 Å². The van der Waals surface area contributed by atoms with Gasteiger partial charge in [-0.3, -0.25) is 0 Å². The fourth-order valence-corrected chi connectivity index (χ4v) is 1.41. The van der Waals surface area contributed by atoms with Gasteiger partial charge in [0.25, 0.3) is 0 Å². The Bertz CT molecular complexity index is 314. The van der Waals surface area contributed by atoms with Gasteiger partial charge in [0.05, 0.1) is 0 Å². The molecule has 0 saturated heterocycles. The summed E-state index contributed by atoms with van der Waals surface area (Å²) in [5.41, 5.74) is 0. The van der Waals surface area contributed by atoms with E-state index in [0.717, 1.165) is 0 Å². The van der Waals surface area contributed by atoms with Crippen molar-refractivity contribution in [3.05, 3.63) is 28.5 Å². The van der Waals surface area contributed by atoms with Crippen LogP contribution in [0.1, 0.15) is 16.6 Å². The van der Waals surface area contributed by atoms with Crippen LogP contribution in [0.2, 0.25) is 0 Å². The first-order valence-corrected chi connectivity index (χ1v) is 4.67. The van der Waals surface area contributed by atoms with Crippen molar-refractivity contribution < 1.29 is 14.6 Å². The Morgan fingerprint density at radius 3 is 3.08 bits per heavy atom. The second-order valence-corrected chi connectivity index (χ2v) is 3.24. The molecule has 0 amide bonds. The van der Waals surface area contributed by atoms with Gasteiger partial charge in [-0.25, -0.2) is 4.79 Å². The molecule has 1 heterocycles. The normalized spacial score (nSPS) is 10.5. The van der Waals surface area contributed by atoms with Gasteiger partial charge in [-0.1, -0.05) is 12.2 Å². The highest BCUT2D eigenvalue weighted by atomic mass is 32.1. The lowest BCUT2D eigenvalue weighted by atomic mass is 10.4. The van der Waals surface area contributed by atoms with E-state index in [1.165, 1.54) is 17.4 Å². The van der Waals surface area contributed by atoms with Crippen molar-refractivity contribution in [1.29, 1.82) is 0 Å². The van der Waals surface area contributed by atoms with Crippen LogP contribution in [-0.2, 0) is 0 Å². The van der Waals surface area contributed by atoms with Gasteiger partial charge >= 0.3 is 5.97 Å². The van der Waals surface area contributed by atoms with E-state index in [1.54, 1.807) is 5.38 Å². The molecule has 0 fully saturated rings. The molecule has 0 aromatic carbocycles. The molecule has 3 nitrogen and oxygen atoms in total. The van der Waals surface area contributed by atoms with Gasteiger partial charge in [0.15, 0.2) is 0 Å². The van der Waals surface area contributed by atoms with Crippen LogP contribution in [0.3, 0.4) is 0 Å². The molecule has 0 aliphatic heterocycles. The molecular weight excluding hydrogens is 188 g/mol. The number of carboxylic acid groups (broad SMARTS) is 1. The van der Waals surface area contributed by atoms with Crippen LogP contribution in [0.25, 0.3) is 0 Å². The molecule has 0 aliphatic rings. The van der Waals surface area contributed by atoms with Crippen molar-refractivity contribution >= 4 is 17.3 Å². The Kier molecular flexibility index (Phi) is 3.52. The molecule has 1 rings (SSSR count). The third-order valence-corrected chi connectivity index (χ3v) is 2.26. The zero-order valence-corrected chi connectivity index (χ0v) is 8.00. The van der Waals surface area contributed by atoms with Gasteiger partial charge < -0.3 is 9.84 Å². The fourth-order valence-electron chi connectivity index (χ4n) is 0.747. The van der Waals surface area contributed by atoms with Gasteiger partial charge in [-0.2, -0.15) is 0 Å². The molecule has 0 unspecified atom stereocenters. The van der Waals surface area contributed by atoms with Crippen molar-refractivity contribution in [2.75, 3.05) is 6.61 Å². The molecule has 1 aromatic rings. The summed E-state index contributed by atoms with van der Waals surface area (Å²) in [5.74, 6) is -0.300. The molecule has 70 valence electrons. The maximum absolute atomic E-state index is 10.5. The topological polar surface area (TPSA) is 46.5 Å². The van der Waals surface area contributed by atoms with Gasteiger partial charge in [0.2, 0.25) is 0 Å². The van der Waals surface area contributed by atoms with Crippen LogP contribution in [0.15, 0.2) is 23.6 Å². The average Bonchev–Trinajstić information content (AvgIpc) is 2.53. The molecule has 0 spiro atoms. The van der Waals surface area contributed by atoms with Crippen molar-refractivity contribution in [3.63, 3.8) is 0 Å². The van der Waals surface area contributed by atoms with Crippen LogP contribution in [0, 0.1) is 0 Å². The summed E-state index contributed by atoms with van der Waals surface area (Å²) in [7, 11) is 0. The number of thiophene rings is 1. The number of carbonyl (C=O) groups is 1. The molecule has 0 bridgehead atoms. The first-order valence-electron chi connectivity index (χ1n) is 3.80. The minimum atomic E-state index is -0.911. The van der Waals surface area contributed by atoms with E-state index in [-0.39, 0.29) is 0 Å². The van der Waals surface area contributed by atoms with Crippen LogP contribution in [0.5, 0.6) is 5.75 Å². The summed E-state index contributed by atoms with van der Waals surface area (Å²) in [5, 5.41) is 10.3. The van der Waals surface area contributed by atoms with Crippen LogP contribution < -0.4 is 4.74 Å². The quantitative estimate of drug-likeness (QED) is 0.755. The predicted octanol–water partition coefficient (Wildman–Crippen LogP) is 2.40. The van der Waals surface area contributed by atoms with E-state index in [0.29, 0.717) is 17.2 Å². The second-order valence-electron chi connectivity index (χ2n) is 2.33. The molecule has 1 N–H and O–H groups in total. The molecule has 4 heteroatoms. The first kappa shape index (κ1) is 9.80. The fraction of sp³-hybridized carbons (Fsp3) is 0.222. The number of rotatable bonds is 4. The largest absolute Gasteiger partial charge is 0.489 e. The predicted molar refractivity (Wildman–Crippen MR) is 51.6 cm³/mol. The molecular formula is C9H10O3S. The minimum Gasteiger partial charge on any atom is -0.489 e. The Hall–Kier alpha value is -1.29. The summed E-state index contributed by atoms with van der Waals surface area (Å²) < 4.78 is 5.24. The summed E-state index contributed by atoms with van der Waals surface area (Å²) >= 11 is 1.17. The van der Waals surface area contributed by atoms with E-state index in [4.69, 9.17) is 9.84 Å². The average molecular weight is 198 g/mol. The molecule has 0 saturated carbocycles. The van der Waals surface area contributed by atoms with E-state index in [9.17, 15) is 4.79 Å². The highest BCUT2D eigenvalue weighted by Crippen LogP contribution is 2.21. The number of hydrogen-bond acceptors (Lipinski definition) is 3. The zero-order chi connectivity index (χ0) is 9.68. The monoisotopic (exact) mass is 198 g/mol. The van der Waals surface area contributed by atoms with Crippen LogP contribution in [0.4, 0.5) is 0 Å². The van der Waals surface area contributed by atoms with Gasteiger partial charge in [0, 0.05) is 11.4 Å². The summed E-state index contributed by atoms with van der Waals surface area (Å²) in [6.45, 7) is 2.38. The molecule has 13 heavy (non-hydrogen) atoms. The van der Waals surface area contributed by atoms with Crippen molar-refractivity contribution in [2.24, 2.45) is 0 Å². The number of carboxylic acids is 1. The molecule has 1 aromatic heterocycles. The summed E-state index contributed by atoms with van der Waals surface area (Å²) in [6, 6.07) is 1.52. The maximum Gasteiger partial charge on any atom is 0.346 e. The number of hydrogen-bond donors (Lipinski definition) is 1. The Morgan fingerprint density at radius 2 is 2.54 bits per heavy atom. The lowest BCUT2D eigenvalue weighted by molar-refractivity contribution is 0.0702. The molecule has 0 radical (unpaired) electrons. The lowest BCUT2D eigenvalue weighted by Gasteiger charge is -1.96. The SMILES string of the molecule is CC=CCOc1csc(C(=O)O)c1. The lowest BCUT2D eigenvalue weighted by Crippen LogP contribution is -1.93. The summed E-state index contributed by atoms with van der Waals surface area (Å²) in [6.07, 6.45) is 3.74. The Morgan fingerprint density at radius 1 is 1.77 bits per heavy atom. The number of ether oxygens (including phenoxy) is 1. The van der Waals surface area contributed by atoms with Gasteiger partial charge in [0.1, 0.15) is 17.2 Å². The number of allylic oxidation sites excluding steroid dienone is 1. The van der Waals surface area contributed by atoms with Crippen molar-refractivity contribution in [2.45, 2.75) is 6.92 Å². The van der Waals surface area contributed by atoms with Gasteiger partial charge in [-0.05, 0) is 6.92 Å². The third kappa shape index (κ3) is 2.91. The van der Waals surface area contributed by atoms with E-state index in [2.05, 4.69) is 0 Å². The smallest absolute Gasteiger partial charge is 0.346 e. The van der Waals surface area contributed by atoms with Gasteiger partial charge in [-0.15, -0.1) is 11.3 Å². The summed E-state index contributed by atoms with van der Waals surface area (Å²) in [4.78, 5) is 10.8.